The fraction of sp³-hybridized carbons (Fsp3) is 0.478. The Labute approximate surface area is 343 Å². The van der Waals surface area contributed by atoms with Crippen LogP contribution in [0.1, 0.15) is 19.3 Å². The molecule has 0 atom stereocenters. The van der Waals surface area contributed by atoms with E-state index in [0.29, 0.717) is 5.92 Å². The normalized spacial score (nSPS) is 12.9. The van der Waals surface area contributed by atoms with E-state index in [4.69, 9.17) is 13.3 Å². The molecule has 0 radical (unpaired) electrons. The predicted molar refractivity (Wildman–Crippen MR) is 258 cm³/mol. The topological polar surface area (TPSA) is 27.7 Å². The number of hydrogen-bond donors (Lipinski definition) is 0. The molecule has 9 heteroatoms. The van der Waals surface area contributed by atoms with Crippen LogP contribution in [0.5, 0.6) is 0 Å². The molecule has 55 heavy (non-hydrogen) atoms. The molecule has 0 aliphatic carbocycles. The van der Waals surface area contributed by atoms with Gasteiger partial charge in [0.15, 0.2) is 25.0 Å². The van der Waals surface area contributed by atoms with Crippen molar-refractivity contribution in [2.75, 3.05) is 33.7 Å². The van der Waals surface area contributed by atoms with E-state index in [1.165, 1.54) is 95.1 Å². The summed E-state index contributed by atoms with van der Waals surface area (Å²) in [4.78, 5) is 0. The van der Waals surface area contributed by atoms with Gasteiger partial charge < -0.3 is 13.3 Å². The zero-order chi connectivity index (χ0) is 39.8. The molecule has 300 valence electrons. The molecule has 0 bridgehead atoms. The summed E-state index contributed by atoms with van der Waals surface area (Å²) in [6.07, 6.45) is 6.40. The first-order valence-corrected chi connectivity index (χ1v) is 35.9. The highest BCUT2D eigenvalue weighted by Crippen LogP contribution is 2.47. The van der Waals surface area contributed by atoms with Crippen LogP contribution in [0.25, 0.3) is 0 Å². The molecule has 0 unspecified atom stereocenters. The second-order valence-corrected chi connectivity index (χ2v) is 40.3. The fourth-order valence-electron chi connectivity index (χ4n) is 8.12. The summed E-state index contributed by atoms with van der Waals surface area (Å²) in [5.74, 6) is 0.623. The molecule has 0 amide bonds. The molecule has 4 aromatic rings. The second-order valence-electron chi connectivity index (χ2n) is 17.6. The highest BCUT2D eigenvalue weighted by Gasteiger charge is 2.39. The minimum Gasteiger partial charge on any atom is -0.420 e. The molecule has 4 rings (SSSR count). The molecule has 0 saturated heterocycles. The van der Waals surface area contributed by atoms with Gasteiger partial charge in [-0.05, 0) is 113 Å². The van der Waals surface area contributed by atoms with Crippen LogP contribution >= 0.6 is 15.8 Å². The van der Waals surface area contributed by atoms with E-state index in [9.17, 15) is 0 Å². The van der Waals surface area contributed by atoms with Crippen molar-refractivity contribution in [2.24, 2.45) is 5.92 Å². The first-order chi connectivity index (χ1) is 26.3. The largest absolute Gasteiger partial charge is 0.420 e. The van der Waals surface area contributed by atoms with E-state index in [1.54, 1.807) is 0 Å². The van der Waals surface area contributed by atoms with Crippen LogP contribution in [0.15, 0.2) is 121 Å². The zero-order valence-corrected chi connectivity index (χ0v) is 41.5. The Balaban J connectivity index is 1.84. The summed E-state index contributed by atoms with van der Waals surface area (Å²) in [5, 5.41) is 6.05. The van der Waals surface area contributed by atoms with Gasteiger partial charge in [-0.2, -0.15) is 0 Å². The molecular weight excluding hydrogens is 775 g/mol. The predicted octanol–water partition coefficient (Wildman–Crippen LogP) is 12.0. The zero-order valence-electron chi connectivity index (χ0n) is 35.7. The lowest BCUT2D eigenvalue weighted by Crippen LogP contribution is -2.41. The summed E-state index contributed by atoms with van der Waals surface area (Å²) in [7, 11) is -2.03. The summed E-state index contributed by atoms with van der Waals surface area (Å²) in [5.41, 5.74) is 0. The molecule has 0 aromatic heterocycles. The van der Waals surface area contributed by atoms with Crippen molar-refractivity contribution in [3.05, 3.63) is 121 Å². The SMILES string of the molecule is CO[Si](C)(C)CCC[Si](CCC[Si](C)(C)OC)(CCC[Si](C)(C)OC)CC(CP(c1ccccc1)c1ccccc1)CP(c1ccccc1)c1ccccc1. The molecule has 0 aliphatic rings. The Morgan fingerprint density at radius 2 is 0.655 bits per heavy atom. The molecule has 4 aromatic carbocycles. The Kier molecular flexibility index (Phi) is 19.0. The Bertz CT molecular complexity index is 1410. The van der Waals surface area contributed by atoms with Crippen molar-refractivity contribution in [3.8, 4) is 0 Å². The summed E-state index contributed by atoms with van der Waals surface area (Å²) < 4.78 is 18.5. The molecule has 3 nitrogen and oxygen atoms in total. The lowest BCUT2D eigenvalue weighted by molar-refractivity contribution is 0.402. The van der Waals surface area contributed by atoms with Gasteiger partial charge in [0.05, 0.1) is 8.07 Å². The van der Waals surface area contributed by atoms with E-state index in [1.807, 2.05) is 21.3 Å². The third kappa shape index (κ3) is 15.6. The summed E-state index contributed by atoms with van der Waals surface area (Å²) >= 11 is 0. The quantitative estimate of drug-likeness (QED) is 0.0491. The standard InChI is InChI=1S/C46H72O3P2Si4/c1-47-52(4,5)33-22-36-55(37-23-34-53(6,7)48-2,38-24-35-54(8,9)49-3)41-42(39-50(43-25-14-10-15-26-43)44-27-16-11-17-28-44)40-51(45-29-18-12-19-30-45)46-31-20-13-21-32-46/h10-21,25-32,42H,22-24,33-41H2,1-9H3. The van der Waals surface area contributed by atoms with Gasteiger partial charge in [0.2, 0.25) is 0 Å². The highest BCUT2D eigenvalue weighted by molar-refractivity contribution is 7.74. The van der Waals surface area contributed by atoms with Crippen LogP contribution in [0.2, 0.25) is 81.6 Å². The van der Waals surface area contributed by atoms with E-state index < -0.39 is 48.9 Å². The van der Waals surface area contributed by atoms with Gasteiger partial charge >= 0.3 is 0 Å². The molecule has 0 saturated carbocycles. The Hall–Kier alpha value is -1.51. The van der Waals surface area contributed by atoms with Crippen LogP contribution in [0.3, 0.4) is 0 Å². The third-order valence-electron chi connectivity index (χ3n) is 12.0. The Morgan fingerprint density at radius 3 is 0.891 bits per heavy atom. The van der Waals surface area contributed by atoms with Gasteiger partial charge in [-0.3, -0.25) is 0 Å². The summed E-state index contributed by atoms with van der Waals surface area (Å²) in [6, 6.07) is 55.4. The molecule has 0 fully saturated rings. The molecule has 0 aliphatic heterocycles. The van der Waals surface area contributed by atoms with Crippen LogP contribution in [-0.4, -0.2) is 66.7 Å². The van der Waals surface area contributed by atoms with Crippen LogP contribution in [0, 0.1) is 5.92 Å². The van der Waals surface area contributed by atoms with E-state index in [-0.39, 0.29) is 0 Å². The van der Waals surface area contributed by atoms with Crippen LogP contribution < -0.4 is 21.2 Å². The maximum absolute atomic E-state index is 6.15. The fourth-order valence-corrected chi connectivity index (χ4v) is 24.3. The maximum Gasteiger partial charge on any atom is 0.186 e. The Morgan fingerprint density at radius 1 is 0.400 bits per heavy atom. The molecule has 0 heterocycles. The van der Waals surface area contributed by atoms with Gasteiger partial charge in [-0.1, -0.05) is 165 Å². The molecular formula is C46H72O3P2Si4. The van der Waals surface area contributed by atoms with Crippen LogP contribution in [0.4, 0.5) is 0 Å². The highest BCUT2D eigenvalue weighted by atomic mass is 31.1. The van der Waals surface area contributed by atoms with Crippen molar-refractivity contribution < 1.29 is 13.3 Å². The van der Waals surface area contributed by atoms with Crippen molar-refractivity contribution in [2.45, 2.75) is 101 Å². The minimum absolute atomic E-state index is 0.521. The van der Waals surface area contributed by atoms with Gasteiger partial charge in [0.25, 0.3) is 0 Å². The van der Waals surface area contributed by atoms with Crippen molar-refractivity contribution in [1.82, 2.24) is 0 Å². The van der Waals surface area contributed by atoms with Gasteiger partial charge in [-0.25, -0.2) is 0 Å². The first-order valence-electron chi connectivity index (χ1n) is 20.7. The van der Waals surface area contributed by atoms with E-state index in [0.717, 1.165) is 0 Å². The molecule has 0 N–H and O–H groups in total. The minimum atomic E-state index is -1.81. The second kappa shape index (κ2) is 22.6. The van der Waals surface area contributed by atoms with Gasteiger partial charge in [0.1, 0.15) is 0 Å². The molecule has 0 spiro atoms. The third-order valence-corrected chi connectivity index (χ3v) is 31.1. The number of benzene rings is 4. The smallest absolute Gasteiger partial charge is 0.186 e. The van der Waals surface area contributed by atoms with E-state index >= 15 is 0 Å². The van der Waals surface area contributed by atoms with E-state index in [2.05, 4.69) is 161 Å². The van der Waals surface area contributed by atoms with Crippen molar-refractivity contribution in [3.63, 3.8) is 0 Å². The average molecular weight is 847 g/mol. The lowest BCUT2D eigenvalue weighted by Gasteiger charge is -2.39. The first kappa shape index (κ1) is 46.2. The number of rotatable bonds is 25. The number of hydrogen-bond acceptors (Lipinski definition) is 3. The van der Waals surface area contributed by atoms with Crippen molar-refractivity contribution >= 4 is 70.1 Å². The van der Waals surface area contributed by atoms with Gasteiger partial charge in [-0.15, -0.1) is 0 Å². The average Bonchev–Trinajstić information content (AvgIpc) is 3.20. The van der Waals surface area contributed by atoms with Gasteiger partial charge in [0, 0.05) is 21.3 Å². The summed E-state index contributed by atoms with van der Waals surface area (Å²) in [6.45, 7) is 14.5. The lowest BCUT2D eigenvalue weighted by atomic mass is 10.2. The monoisotopic (exact) mass is 846 g/mol. The van der Waals surface area contributed by atoms with Crippen molar-refractivity contribution in [1.29, 1.82) is 0 Å². The maximum atomic E-state index is 6.15. The van der Waals surface area contributed by atoms with Crippen LogP contribution in [-0.2, 0) is 13.3 Å².